The summed E-state index contributed by atoms with van der Waals surface area (Å²) in [4.78, 5) is 44.3. The molecule has 0 aliphatic heterocycles. The lowest BCUT2D eigenvalue weighted by atomic mass is 9.98. The smallest absolute Gasteiger partial charge is 0.407 e. The van der Waals surface area contributed by atoms with Crippen molar-refractivity contribution < 1.29 is 24.2 Å². The standard InChI is InChI=1S/C26H28N4O5/c1-3-26(2,24(32)33)30-23(31)22(12-16-13-27-15-28-16)29-25(34)35-14-21-19-10-6-4-8-17(19)18-9-5-7-11-20(18)21/h4-11,13,15,21-22H,3,12,14H2,1-2H3,(H,27,28)(H,29,34)(H,30,31)(H,32,33)/t22-,26?/m1/s1. The minimum Gasteiger partial charge on any atom is -0.480 e. The maximum Gasteiger partial charge on any atom is 0.407 e. The van der Waals surface area contributed by atoms with Crippen LogP contribution < -0.4 is 10.6 Å². The Morgan fingerprint density at radius 2 is 1.74 bits per heavy atom. The molecule has 0 spiro atoms. The van der Waals surface area contributed by atoms with E-state index in [0.29, 0.717) is 5.69 Å². The van der Waals surface area contributed by atoms with E-state index >= 15 is 0 Å². The number of carbonyl (C=O) groups is 3. The molecule has 1 aliphatic rings. The number of alkyl carbamates (subject to hydrolysis) is 1. The summed E-state index contributed by atoms with van der Waals surface area (Å²) >= 11 is 0. The van der Waals surface area contributed by atoms with Crippen molar-refractivity contribution >= 4 is 18.0 Å². The summed E-state index contributed by atoms with van der Waals surface area (Å²) in [5, 5.41) is 14.7. The zero-order chi connectivity index (χ0) is 25.0. The molecule has 2 atom stereocenters. The Balaban J connectivity index is 1.47. The lowest BCUT2D eigenvalue weighted by molar-refractivity contribution is -0.147. The fourth-order valence-corrected chi connectivity index (χ4v) is 4.26. The summed E-state index contributed by atoms with van der Waals surface area (Å²) in [6, 6.07) is 14.9. The topological polar surface area (TPSA) is 133 Å². The van der Waals surface area contributed by atoms with Gasteiger partial charge in [-0.25, -0.2) is 14.6 Å². The van der Waals surface area contributed by atoms with E-state index in [1.165, 1.54) is 19.4 Å². The summed E-state index contributed by atoms with van der Waals surface area (Å²) in [7, 11) is 0. The number of ether oxygens (including phenoxy) is 1. The minimum atomic E-state index is -1.47. The SMILES string of the molecule is CCC(C)(NC(=O)[C@@H](Cc1cnc[nH]1)NC(=O)OCC1c2ccccc2-c2ccccc21)C(=O)O. The molecule has 182 valence electrons. The second-order valence-electron chi connectivity index (χ2n) is 8.78. The third kappa shape index (κ3) is 5.03. The van der Waals surface area contributed by atoms with Gasteiger partial charge in [0.05, 0.1) is 6.33 Å². The summed E-state index contributed by atoms with van der Waals surface area (Å²) in [6.07, 6.45) is 2.51. The van der Waals surface area contributed by atoms with Gasteiger partial charge in [-0.3, -0.25) is 4.79 Å². The first-order valence-corrected chi connectivity index (χ1v) is 11.5. The van der Waals surface area contributed by atoms with E-state index in [-0.39, 0.29) is 25.4 Å². The number of nitrogens with one attached hydrogen (secondary N) is 3. The molecule has 4 N–H and O–H groups in total. The van der Waals surface area contributed by atoms with E-state index in [4.69, 9.17) is 4.74 Å². The molecule has 0 saturated heterocycles. The van der Waals surface area contributed by atoms with Crippen LogP contribution in [-0.4, -0.2) is 51.2 Å². The molecule has 1 heterocycles. The number of amides is 2. The molecule has 2 aromatic carbocycles. The van der Waals surface area contributed by atoms with Crippen LogP contribution in [0.2, 0.25) is 0 Å². The highest BCUT2D eigenvalue weighted by Crippen LogP contribution is 2.44. The van der Waals surface area contributed by atoms with Gasteiger partial charge >= 0.3 is 12.1 Å². The van der Waals surface area contributed by atoms with Crippen molar-refractivity contribution in [2.24, 2.45) is 0 Å². The summed E-state index contributed by atoms with van der Waals surface area (Å²) in [5.41, 5.74) is 3.52. The van der Waals surface area contributed by atoms with E-state index in [9.17, 15) is 19.5 Å². The second kappa shape index (κ2) is 10.0. The first-order chi connectivity index (χ1) is 16.8. The highest BCUT2D eigenvalue weighted by molar-refractivity contribution is 5.91. The molecule has 0 fully saturated rings. The third-order valence-corrected chi connectivity index (χ3v) is 6.51. The van der Waals surface area contributed by atoms with Crippen LogP contribution >= 0.6 is 0 Å². The molecule has 0 radical (unpaired) electrons. The van der Waals surface area contributed by atoms with Gasteiger partial charge in [-0.15, -0.1) is 0 Å². The van der Waals surface area contributed by atoms with E-state index in [2.05, 4.69) is 20.6 Å². The molecule has 35 heavy (non-hydrogen) atoms. The number of carboxylic acids is 1. The molecule has 1 aromatic heterocycles. The lowest BCUT2D eigenvalue weighted by Gasteiger charge is -2.27. The number of aromatic amines is 1. The fraction of sp³-hybridized carbons (Fsp3) is 0.308. The monoisotopic (exact) mass is 476 g/mol. The zero-order valence-electron chi connectivity index (χ0n) is 19.6. The van der Waals surface area contributed by atoms with Crippen LogP contribution in [0.15, 0.2) is 61.1 Å². The predicted molar refractivity (Wildman–Crippen MR) is 129 cm³/mol. The number of aliphatic carboxylic acids is 1. The number of carbonyl (C=O) groups excluding carboxylic acids is 2. The average molecular weight is 477 g/mol. The number of benzene rings is 2. The molecule has 4 rings (SSSR count). The highest BCUT2D eigenvalue weighted by atomic mass is 16.5. The van der Waals surface area contributed by atoms with Gasteiger partial charge in [0, 0.05) is 24.2 Å². The van der Waals surface area contributed by atoms with Gasteiger partial charge in [-0.2, -0.15) is 0 Å². The second-order valence-corrected chi connectivity index (χ2v) is 8.78. The van der Waals surface area contributed by atoms with Crippen LogP contribution in [0.4, 0.5) is 4.79 Å². The Bertz CT molecular complexity index is 1180. The quantitative estimate of drug-likeness (QED) is 0.375. The Morgan fingerprint density at radius 1 is 1.11 bits per heavy atom. The van der Waals surface area contributed by atoms with Crippen LogP contribution in [0.25, 0.3) is 11.1 Å². The number of H-pyrrole nitrogens is 1. The Hall–Kier alpha value is -4.14. The molecular weight excluding hydrogens is 448 g/mol. The maximum absolute atomic E-state index is 13.0. The van der Waals surface area contributed by atoms with E-state index in [1.54, 1.807) is 6.92 Å². The molecule has 2 amide bonds. The van der Waals surface area contributed by atoms with Crippen molar-refractivity contribution in [3.05, 3.63) is 77.9 Å². The fourth-order valence-electron chi connectivity index (χ4n) is 4.26. The van der Waals surface area contributed by atoms with Gasteiger partial charge in [0.15, 0.2) is 0 Å². The van der Waals surface area contributed by atoms with Crippen molar-refractivity contribution in [3.63, 3.8) is 0 Å². The minimum absolute atomic E-state index is 0.0927. The van der Waals surface area contributed by atoms with Crippen LogP contribution in [0.3, 0.4) is 0 Å². The highest BCUT2D eigenvalue weighted by Gasteiger charge is 2.36. The van der Waals surface area contributed by atoms with Crippen molar-refractivity contribution in [1.82, 2.24) is 20.6 Å². The van der Waals surface area contributed by atoms with E-state index < -0.39 is 29.6 Å². The summed E-state index contributed by atoms with van der Waals surface area (Å²) in [5.74, 6) is -1.90. The Kier molecular flexibility index (Phi) is 6.86. The Labute approximate surface area is 202 Å². The molecule has 3 aromatic rings. The number of hydrogen-bond acceptors (Lipinski definition) is 5. The lowest BCUT2D eigenvalue weighted by Crippen LogP contribution is -2.58. The van der Waals surface area contributed by atoms with Crippen LogP contribution in [0.5, 0.6) is 0 Å². The number of hydrogen-bond donors (Lipinski definition) is 4. The predicted octanol–water partition coefficient (Wildman–Crippen LogP) is 3.23. The van der Waals surface area contributed by atoms with E-state index in [1.807, 2.05) is 48.5 Å². The third-order valence-electron chi connectivity index (χ3n) is 6.51. The number of nitrogens with zero attached hydrogens (tertiary/aromatic N) is 1. The normalized spacial score (nSPS) is 14.8. The number of rotatable bonds is 9. The van der Waals surface area contributed by atoms with Gasteiger partial charge < -0.3 is 25.5 Å². The zero-order valence-corrected chi connectivity index (χ0v) is 19.6. The largest absolute Gasteiger partial charge is 0.480 e. The summed E-state index contributed by atoms with van der Waals surface area (Å²) < 4.78 is 5.57. The first-order valence-electron chi connectivity index (χ1n) is 11.5. The number of fused-ring (bicyclic) bond motifs is 3. The van der Waals surface area contributed by atoms with Gasteiger partial charge in [0.2, 0.25) is 5.91 Å². The average Bonchev–Trinajstić information content (AvgIpc) is 3.48. The van der Waals surface area contributed by atoms with E-state index in [0.717, 1.165) is 22.3 Å². The maximum atomic E-state index is 13.0. The van der Waals surface area contributed by atoms with Crippen molar-refractivity contribution in [2.45, 2.75) is 44.2 Å². The van der Waals surface area contributed by atoms with Crippen LogP contribution in [0, 0.1) is 0 Å². The molecular formula is C26H28N4O5. The van der Waals surface area contributed by atoms with Crippen molar-refractivity contribution in [3.8, 4) is 11.1 Å². The van der Waals surface area contributed by atoms with Gasteiger partial charge in [0.25, 0.3) is 0 Å². The molecule has 0 saturated carbocycles. The van der Waals surface area contributed by atoms with Gasteiger partial charge in [-0.05, 0) is 35.6 Å². The van der Waals surface area contributed by atoms with Gasteiger partial charge in [-0.1, -0.05) is 55.5 Å². The molecule has 1 unspecified atom stereocenters. The number of carboxylic acid groups (broad SMARTS) is 1. The number of imidazole rings is 1. The molecule has 1 aliphatic carbocycles. The molecule has 9 nitrogen and oxygen atoms in total. The van der Waals surface area contributed by atoms with Gasteiger partial charge in [0.1, 0.15) is 18.2 Å². The van der Waals surface area contributed by atoms with Crippen LogP contribution in [0.1, 0.15) is 43.0 Å². The number of aromatic nitrogens is 2. The summed E-state index contributed by atoms with van der Waals surface area (Å²) in [6.45, 7) is 3.19. The molecule has 0 bridgehead atoms. The molecule has 9 heteroatoms. The van der Waals surface area contributed by atoms with Crippen molar-refractivity contribution in [1.29, 1.82) is 0 Å². The van der Waals surface area contributed by atoms with Crippen LogP contribution in [-0.2, 0) is 20.7 Å². The first kappa shape index (κ1) is 24.0. The Morgan fingerprint density at radius 3 is 2.29 bits per heavy atom. The van der Waals surface area contributed by atoms with Crippen molar-refractivity contribution in [2.75, 3.05) is 6.61 Å².